The van der Waals surface area contributed by atoms with Crippen LogP contribution in [0, 0.1) is 0 Å². The molecule has 1 atom stereocenters. The number of carbonyl (C=O) groups is 1. The van der Waals surface area contributed by atoms with E-state index in [1.807, 2.05) is 0 Å². The van der Waals surface area contributed by atoms with Crippen LogP contribution in [0.25, 0.3) is 0 Å². The Kier molecular flexibility index (Phi) is 5.61. The number of phenolic OH excluding ortho intramolecular Hbond substituents is 1. The van der Waals surface area contributed by atoms with Crippen LogP contribution in [0.15, 0.2) is 38.8 Å². The number of nitrogens with zero attached hydrogens (tertiary/aromatic N) is 2. The molecule has 0 bridgehead atoms. The third kappa shape index (κ3) is 4.18. The van der Waals surface area contributed by atoms with Crippen LogP contribution in [0.5, 0.6) is 11.6 Å². The lowest BCUT2D eigenvalue weighted by molar-refractivity contribution is -0.138. The fourth-order valence-corrected chi connectivity index (χ4v) is 2.37. The van der Waals surface area contributed by atoms with E-state index < -0.39 is 35.2 Å². The van der Waals surface area contributed by atoms with Crippen LogP contribution in [0.2, 0.25) is 0 Å². The van der Waals surface area contributed by atoms with Gasteiger partial charge in [-0.1, -0.05) is 12.1 Å². The van der Waals surface area contributed by atoms with Crippen molar-refractivity contribution >= 4 is 12.2 Å². The maximum absolute atomic E-state index is 11.9. The van der Waals surface area contributed by atoms with E-state index in [-0.39, 0.29) is 17.7 Å². The van der Waals surface area contributed by atoms with E-state index in [2.05, 4.69) is 9.98 Å². The van der Waals surface area contributed by atoms with E-state index in [1.165, 1.54) is 12.1 Å². The standard InChI is InChI=1S/C17H19N3O6/c1-9(2)20-15(23)12(14(22)19-17(20)26)8-18-13(16(24)25)7-10-3-5-11(21)6-4-10/h3-6,8-9,13,21,23H,7H2,1-2H3,(H,24,25)(H,19,22,26)/t13-/m0/s1. The summed E-state index contributed by atoms with van der Waals surface area (Å²) in [4.78, 5) is 41.0. The molecule has 0 aliphatic rings. The summed E-state index contributed by atoms with van der Waals surface area (Å²) < 4.78 is 0.971. The molecule has 0 aliphatic carbocycles. The Labute approximate surface area is 147 Å². The molecule has 0 fully saturated rings. The number of aromatic nitrogens is 2. The van der Waals surface area contributed by atoms with Crippen LogP contribution in [0.4, 0.5) is 0 Å². The molecule has 9 heteroatoms. The monoisotopic (exact) mass is 361 g/mol. The predicted molar refractivity (Wildman–Crippen MR) is 94.2 cm³/mol. The summed E-state index contributed by atoms with van der Waals surface area (Å²) in [5, 5.41) is 28.8. The second-order valence-electron chi connectivity index (χ2n) is 5.96. The molecule has 4 N–H and O–H groups in total. The Morgan fingerprint density at radius 1 is 1.23 bits per heavy atom. The minimum absolute atomic E-state index is 0.0224. The van der Waals surface area contributed by atoms with Crippen LogP contribution in [0.3, 0.4) is 0 Å². The molecule has 2 rings (SSSR count). The van der Waals surface area contributed by atoms with E-state index in [0.717, 1.165) is 10.8 Å². The van der Waals surface area contributed by atoms with Gasteiger partial charge in [-0.2, -0.15) is 0 Å². The number of rotatable bonds is 6. The predicted octanol–water partition coefficient (Wildman–Crippen LogP) is 0.643. The van der Waals surface area contributed by atoms with E-state index in [9.17, 15) is 29.7 Å². The largest absolute Gasteiger partial charge is 0.508 e. The molecule has 0 radical (unpaired) electrons. The highest BCUT2D eigenvalue weighted by Gasteiger charge is 2.19. The molecular weight excluding hydrogens is 342 g/mol. The number of carboxylic acid groups (broad SMARTS) is 1. The second-order valence-corrected chi connectivity index (χ2v) is 5.96. The number of nitrogens with one attached hydrogen (secondary N) is 1. The first kappa shape index (κ1) is 19.0. The van der Waals surface area contributed by atoms with Gasteiger partial charge in [-0.05, 0) is 31.5 Å². The SMILES string of the molecule is CC(C)n1c(O)c(C=N[C@@H](Cc2ccc(O)cc2)C(=O)O)c(=O)[nH]c1=O. The molecule has 1 aromatic carbocycles. The van der Waals surface area contributed by atoms with Crippen molar-refractivity contribution in [3.63, 3.8) is 0 Å². The minimum Gasteiger partial charge on any atom is -0.508 e. The Hall–Kier alpha value is -3.36. The maximum atomic E-state index is 11.9. The van der Waals surface area contributed by atoms with Gasteiger partial charge in [-0.15, -0.1) is 0 Å². The summed E-state index contributed by atoms with van der Waals surface area (Å²) in [6.45, 7) is 3.29. The Morgan fingerprint density at radius 3 is 2.38 bits per heavy atom. The molecule has 9 nitrogen and oxygen atoms in total. The highest BCUT2D eigenvalue weighted by atomic mass is 16.4. The third-order valence-corrected chi connectivity index (χ3v) is 3.70. The van der Waals surface area contributed by atoms with E-state index in [4.69, 9.17) is 0 Å². The van der Waals surface area contributed by atoms with E-state index >= 15 is 0 Å². The number of aliphatic carboxylic acids is 1. The summed E-state index contributed by atoms with van der Waals surface area (Å²) in [6, 6.07) is 4.34. The molecule has 138 valence electrons. The molecule has 1 aromatic heterocycles. The van der Waals surface area contributed by atoms with Crippen molar-refractivity contribution in [2.45, 2.75) is 32.4 Å². The molecule has 0 amide bonds. The summed E-state index contributed by atoms with van der Waals surface area (Å²) in [5.74, 6) is -1.75. The number of aromatic hydroxyl groups is 2. The quantitative estimate of drug-likeness (QED) is 0.556. The zero-order chi connectivity index (χ0) is 19.4. The molecular formula is C17H19N3O6. The van der Waals surface area contributed by atoms with Crippen LogP contribution >= 0.6 is 0 Å². The van der Waals surface area contributed by atoms with Crippen molar-refractivity contribution in [1.29, 1.82) is 0 Å². The lowest BCUT2D eigenvalue weighted by Crippen LogP contribution is -2.33. The second kappa shape index (κ2) is 7.68. The molecule has 0 aliphatic heterocycles. The number of carboxylic acids is 1. The summed E-state index contributed by atoms with van der Waals surface area (Å²) >= 11 is 0. The molecule has 0 spiro atoms. The first-order valence-electron chi connectivity index (χ1n) is 7.82. The van der Waals surface area contributed by atoms with Crippen molar-refractivity contribution in [2.75, 3.05) is 0 Å². The average molecular weight is 361 g/mol. The normalized spacial score (nSPS) is 12.6. The van der Waals surface area contributed by atoms with Crippen molar-refractivity contribution in [1.82, 2.24) is 9.55 Å². The number of aliphatic imine (C=N–C) groups is 1. The zero-order valence-electron chi connectivity index (χ0n) is 14.2. The molecule has 2 aromatic rings. The van der Waals surface area contributed by atoms with Crippen molar-refractivity contribution in [3.05, 3.63) is 56.2 Å². The Balaban J connectivity index is 2.37. The van der Waals surface area contributed by atoms with Gasteiger partial charge >= 0.3 is 11.7 Å². The summed E-state index contributed by atoms with van der Waals surface area (Å²) in [5.41, 5.74) is -1.30. The topological polar surface area (TPSA) is 145 Å². The summed E-state index contributed by atoms with van der Waals surface area (Å²) in [7, 11) is 0. The van der Waals surface area contributed by atoms with Crippen LogP contribution in [-0.2, 0) is 11.2 Å². The lowest BCUT2D eigenvalue weighted by Gasteiger charge is -2.13. The van der Waals surface area contributed by atoms with Gasteiger partial charge in [0.15, 0.2) is 6.04 Å². The van der Waals surface area contributed by atoms with Crippen LogP contribution in [-0.4, -0.2) is 43.1 Å². The molecule has 0 saturated carbocycles. The van der Waals surface area contributed by atoms with Gasteiger partial charge in [0.1, 0.15) is 11.3 Å². The molecule has 0 saturated heterocycles. The van der Waals surface area contributed by atoms with Crippen LogP contribution < -0.4 is 11.2 Å². The fraction of sp³-hybridized carbons (Fsp3) is 0.294. The fourth-order valence-electron chi connectivity index (χ4n) is 2.37. The first-order chi connectivity index (χ1) is 12.2. The van der Waals surface area contributed by atoms with Gasteiger partial charge < -0.3 is 15.3 Å². The number of hydrogen-bond acceptors (Lipinski definition) is 6. The van der Waals surface area contributed by atoms with Crippen molar-refractivity contribution in [2.24, 2.45) is 4.99 Å². The van der Waals surface area contributed by atoms with Crippen molar-refractivity contribution < 1.29 is 20.1 Å². The first-order valence-corrected chi connectivity index (χ1v) is 7.82. The summed E-state index contributed by atoms with van der Waals surface area (Å²) in [6.07, 6.45) is 0.973. The van der Waals surface area contributed by atoms with E-state index in [0.29, 0.717) is 5.56 Å². The van der Waals surface area contributed by atoms with Gasteiger partial charge in [-0.25, -0.2) is 9.59 Å². The average Bonchev–Trinajstić information content (AvgIpc) is 2.54. The Morgan fingerprint density at radius 2 is 1.85 bits per heavy atom. The molecule has 1 heterocycles. The molecule has 0 unspecified atom stereocenters. The highest BCUT2D eigenvalue weighted by Crippen LogP contribution is 2.15. The number of H-pyrrole nitrogens is 1. The van der Waals surface area contributed by atoms with Gasteiger partial charge in [0.25, 0.3) is 5.56 Å². The molecule has 26 heavy (non-hydrogen) atoms. The van der Waals surface area contributed by atoms with Gasteiger partial charge in [-0.3, -0.25) is 19.3 Å². The maximum Gasteiger partial charge on any atom is 0.331 e. The van der Waals surface area contributed by atoms with Gasteiger partial charge in [0, 0.05) is 18.7 Å². The number of phenols is 1. The third-order valence-electron chi connectivity index (χ3n) is 3.70. The van der Waals surface area contributed by atoms with Gasteiger partial charge in [0.05, 0.1) is 0 Å². The smallest absolute Gasteiger partial charge is 0.331 e. The van der Waals surface area contributed by atoms with Gasteiger partial charge in [0.2, 0.25) is 5.88 Å². The van der Waals surface area contributed by atoms with E-state index in [1.54, 1.807) is 26.0 Å². The number of aromatic amines is 1. The zero-order valence-corrected chi connectivity index (χ0v) is 14.2. The highest BCUT2D eigenvalue weighted by molar-refractivity contribution is 5.85. The number of hydrogen-bond donors (Lipinski definition) is 4. The lowest BCUT2D eigenvalue weighted by atomic mass is 10.1. The van der Waals surface area contributed by atoms with Crippen molar-refractivity contribution in [3.8, 4) is 11.6 Å². The minimum atomic E-state index is -1.22. The van der Waals surface area contributed by atoms with Crippen LogP contribution in [0.1, 0.15) is 31.0 Å². The number of benzene rings is 1. The Bertz CT molecular complexity index is 940.